The van der Waals surface area contributed by atoms with Crippen molar-refractivity contribution < 1.29 is 9.21 Å². The topological polar surface area (TPSA) is 73.0 Å². The maximum Gasteiger partial charge on any atom is 0.251 e. The molecule has 0 spiro atoms. The molecular weight excluding hydrogens is 340 g/mol. The lowest BCUT2D eigenvalue weighted by atomic mass is 10.1. The molecule has 136 valence electrons. The number of aryl methyl sites for hydroxylation is 1. The van der Waals surface area contributed by atoms with Gasteiger partial charge in [-0.05, 0) is 36.2 Å². The van der Waals surface area contributed by atoms with Gasteiger partial charge in [-0.25, -0.2) is 4.98 Å². The molecule has 0 saturated heterocycles. The Kier molecular flexibility index (Phi) is 4.96. The van der Waals surface area contributed by atoms with Gasteiger partial charge >= 0.3 is 0 Å². The Labute approximate surface area is 156 Å². The van der Waals surface area contributed by atoms with Crippen LogP contribution in [-0.4, -0.2) is 27.2 Å². The van der Waals surface area contributed by atoms with Crippen LogP contribution < -0.4 is 5.32 Å². The third kappa shape index (κ3) is 4.23. The molecule has 2 aromatic carbocycles. The van der Waals surface area contributed by atoms with Crippen LogP contribution in [0.2, 0.25) is 0 Å². The van der Waals surface area contributed by atoms with Gasteiger partial charge in [0.15, 0.2) is 11.5 Å². The molecule has 0 fully saturated rings. The van der Waals surface area contributed by atoms with E-state index in [1.54, 1.807) is 24.4 Å². The first-order valence-electron chi connectivity index (χ1n) is 8.97. The summed E-state index contributed by atoms with van der Waals surface area (Å²) < 4.78 is 7.64. The number of benzene rings is 2. The van der Waals surface area contributed by atoms with Crippen LogP contribution in [-0.2, 0) is 13.0 Å². The molecule has 1 amide bonds. The number of carbonyl (C=O) groups excluding carboxylic acids is 1. The molecular formula is C21H20N4O2. The highest BCUT2D eigenvalue weighted by atomic mass is 16.3. The molecule has 6 nitrogen and oxygen atoms in total. The van der Waals surface area contributed by atoms with Crippen LogP contribution in [0.5, 0.6) is 0 Å². The number of fused-ring (bicyclic) bond motifs is 1. The van der Waals surface area contributed by atoms with E-state index in [-0.39, 0.29) is 5.91 Å². The highest BCUT2D eigenvalue weighted by Gasteiger charge is 2.11. The fourth-order valence-corrected chi connectivity index (χ4v) is 2.94. The molecule has 2 aromatic heterocycles. The fourth-order valence-electron chi connectivity index (χ4n) is 2.94. The van der Waals surface area contributed by atoms with Gasteiger partial charge in [-0.2, -0.15) is 5.10 Å². The first-order valence-corrected chi connectivity index (χ1v) is 8.97. The lowest BCUT2D eigenvalue weighted by Gasteiger charge is -2.05. The number of amides is 1. The predicted octanol–water partition coefficient (Wildman–Crippen LogP) is 3.44. The molecule has 2 heterocycles. The first kappa shape index (κ1) is 17.0. The molecule has 0 aliphatic carbocycles. The van der Waals surface area contributed by atoms with Crippen LogP contribution in [0.1, 0.15) is 28.2 Å². The summed E-state index contributed by atoms with van der Waals surface area (Å²) in [7, 11) is 0. The number of nitrogens with one attached hydrogen (secondary N) is 1. The summed E-state index contributed by atoms with van der Waals surface area (Å²) in [4.78, 5) is 16.9. The number of hydrogen-bond acceptors (Lipinski definition) is 4. The van der Waals surface area contributed by atoms with Gasteiger partial charge in [0.05, 0.1) is 0 Å². The van der Waals surface area contributed by atoms with Crippen LogP contribution in [0, 0.1) is 0 Å². The van der Waals surface area contributed by atoms with E-state index < -0.39 is 0 Å². The van der Waals surface area contributed by atoms with Crippen molar-refractivity contribution >= 4 is 17.0 Å². The van der Waals surface area contributed by atoms with E-state index in [4.69, 9.17) is 4.42 Å². The number of oxazole rings is 1. The summed E-state index contributed by atoms with van der Waals surface area (Å²) in [5.41, 5.74) is 3.11. The molecule has 4 rings (SSSR count). The van der Waals surface area contributed by atoms with Crippen LogP contribution in [0.15, 0.2) is 71.4 Å². The molecule has 4 aromatic rings. The summed E-state index contributed by atoms with van der Waals surface area (Å²) in [6.07, 6.45) is 5.11. The van der Waals surface area contributed by atoms with Gasteiger partial charge in [-0.15, -0.1) is 0 Å². The van der Waals surface area contributed by atoms with Crippen molar-refractivity contribution in [2.45, 2.75) is 19.4 Å². The van der Waals surface area contributed by atoms with Gasteiger partial charge in [0, 0.05) is 37.5 Å². The van der Waals surface area contributed by atoms with E-state index in [1.165, 1.54) is 0 Å². The summed E-state index contributed by atoms with van der Waals surface area (Å²) in [6.45, 7) is 1.37. The number of carbonyl (C=O) groups is 1. The van der Waals surface area contributed by atoms with Gasteiger partial charge in [0.1, 0.15) is 5.52 Å². The van der Waals surface area contributed by atoms with Crippen molar-refractivity contribution in [1.82, 2.24) is 20.1 Å². The van der Waals surface area contributed by atoms with E-state index in [9.17, 15) is 4.79 Å². The van der Waals surface area contributed by atoms with E-state index >= 15 is 0 Å². The van der Waals surface area contributed by atoms with Crippen LogP contribution in [0.4, 0.5) is 0 Å². The molecule has 0 aliphatic heterocycles. The Hall–Kier alpha value is -3.41. The number of aromatic nitrogens is 3. The number of rotatable bonds is 7. The Balaban J connectivity index is 1.38. The monoisotopic (exact) mass is 360 g/mol. The molecule has 0 atom stereocenters. The largest absolute Gasteiger partial charge is 0.440 e. The zero-order chi connectivity index (χ0) is 18.5. The highest BCUT2D eigenvalue weighted by Crippen LogP contribution is 2.19. The molecule has 27 heavy (non-hydrogen) atoms. The van der Waals surface area contributed by atoms with Gasteiger partial charge in [-0.1, -0.05) is 30.3 Å². The second-order valence-electron chi connectivity index (χ2n) is 6.33. The molecule has 0 saturated carbocycles. The maximum absolute atomic E-state index is 12.4. The minimum atomic E-state index is -0.107. The summed E-state index contributed by atoms with van der Waals surface area (Å²) >= 11 is 0. The Bertz CT molecular complexity index is 1020. The minimum absolute atomic E-state index is 0.107. The van der Waals surface area contributed by atoms with Crippen molar-refractivity contribution in [3.63, 3.8) is 0 Å². The second kappa shape index (κ2) is 7.86. The van der Waals surface area contributed by atoms with Crippen molar-refractivity contribution in [2.75, 3.05) is 6.54 Å². The fraction of sp³-hybridized carbons (Fsp3) is 0.190. The van der Waals surface area contributed by atoms with Gasteiger partial charge in [0.25, 0.3) is 5.91 Å². The van der Waals surface area contributed by atoms with Gasteiger partial charge in [-0.3, -0.25) is 9.48 Å². The molecule has 0 radical (unpaired) electrons. The Morgan fingerprint density at radius 1 is 1.11 bits per heavy atom. The van der Waals surface area contributed by atoms with Crippen LogP contribution in [0.25, 0.3) is 11.1 Å². The SMILES string of the molecule is O=C(NCCCn1cccn1)c1ccc2oc(Cc3ccccc3)nc2c1. The van der Waals surface area contributed by atoms with Crippen molar-refractivity contribution in [2.24, 2.45) is 0 Å². The number of nitrogens with zero attached hydrogens (tertiary/aromatic N) is 3. The first-order chi connectivity index (χ1) is 13.3. The zero-order valence-electron chi connectivity index (χ0n) is 14.8. The lowest BCUT2D eigenvalue weighted by molar-refractivity contribution is 0.0952. The average Bonchev–Trinajstić information content (AvgIpc) is 3.34. The zero-order valence-corrected chi connectivity index (χ0v) is 14.8. The maximum atomic E-state index is 12.4. The van der Waals surface area contributed by atoms with Gasteiger partial charge < -0.3 is 9.73 Å². The third-order valence-corrected chi connectivity index (χ3v) is 4.30. The summed E-state index contributed by atoms with van der Waals surface area (Å²) in [5, 5.41) is 7.08. The quantitative estimate of drug-likeness (QED) is 0.513. The average molecular weight is 360 g/mol. The standard InChI is InChI=1S/C21H20N4O2/c26-21(22-10-4-12-25-13-5-11-23-25)17-8-9-19-18(15-17)24-20(27-19)14-16-6-2-1-3-7-16/h1-3,5-9,11,13,15H,4,10,12,14H2,(H,22,26). The van der Waals surface area contributed by atoms with E-state index in [2.05, 4.69) is 15.4 Å². The summed E-state index contributed by atoms with van der Waals surface area (Å²) in [5.74, 6) is 0.540. The normalized spacial score (nSPS) is 11.0. The van der Waals surface area contributed by atoms with E-state index in [1.807, 2.05) is 47.3 Å². The van der Waals surface area contributed by atoms with E-state index in [0.29, 0.717) is 35.5 Å². The minimum Gasteiger partial charge on any atom is -0.440 e. The van der Waals surface area contributed by atoms with E-state index in [0.717, 1.165) is 18.5 Å². The Morgan fingerprint density at radius 3 is 2.81 bits per heavy atom. The molecule has 0 unspecified atom stereocenters. The van der Waals surface area contributed by atoms with Crippen molar-refractivity contribution in [3.8, 4) is 0 Å². The highest BCUT2D eigenvalue weighted by molar-refractivity contribution is 5.97. The second-order valence-corrected chi connectivity index (χ2v) is 6.33. The molecule has 1 N–H and O–H groups in total. The predicted molar refractivity (Wildman–Crippen MR) is 102 cm³/mol. The lowest BCUT2D eigenvalue weighted by Crippen LogP contribution is -2.25. The molecule has 6 heteroatoms. The molecule has 0 bridgehead atoms. The third-order valence-electron chi connectivity index (χ3n) is 4.30. The molecule has 0 aliphatic rings. The van der Waals surface area contributed by atoms with Crippen molar-refractivity contribution in [3.05, 3.63) is 84.0 Å². The van der Waals surface area contributed by atoms with Crippen molar-refractivity contribution in [1.29, 1.82) is 0 Å². The number of hydrogen-bond donors (Lipinski definition) is 1. The smallest absolute Gasteiger partial charge is 0.251 e. The Morgan fingerprint density at radius 2 is 2.00 bits per heavy atom. The van der Waals surface area contributed by atoms with Crippen LogP contribution in [0.3, 0.4) is 0 Å². The van der Waals surface area contributed by atoms with Crippen LogP contribution >= 0.6 is 0 Å². The summed E-state index contributed by atoms with van der Waals surface area (Å²) in [6, 6.07) is 17.3. The van der Waals surface area contributed by atoms with Gasteiger partial charge in [0.2, 0.25) is 0 Å².